The third kappa shape index (κ3) is 4.31. The van der Waals surface area contributed by atoms with Crippen LogP contribution in [0.2, 0.25) is 0 Å². The van der Waals surface area contributed by atoms with Gasteiger partial charge in [0.2, 0.25) is 5.91 Å². The summed E-state index contributed by atoms with van der Waals surface area (Å²) in [5.41, 5.74) is 0.794. The van der Waals surface area contributed by atoms with E-state index in [1.807, 2.05) is 6.92 Å². The van der Waals surface area contributed by atoms with Crippen LogP contribution in [-0.2, 0) is 16.0 Å². The van der Waals surface area contributed by atoms with Crippen molar-refractivity contribution in [2.75, 3.05) is 13.7 Å². The van der Waals surface area contributed by atoms with Crippen molar-refractivity contribution in [1.29, 1.82) is 0 Å². The lowest BCUT2D eigenvalue weighted by molar-refractivity contribution is -0.121. The molecular formula is C12H17NO3. The average molecular weight is 223 g/mol. The molecule has 16 heavy (non-hydrogen) atoms. The van der Waals surface area contributed by atoms with Gasteiger partial charge in [0, 0.05) is 13.2 Å². The minimum Gasteiger partial charge on any atom is -0.508 e. The molecule has 4 heteroatoms. The molecule has 1 rings (SSSR count). The number of ether oxygens (including phenoxy) is 1. The van der Waals surface area contributed by atoms with E-state index in [4.69, 9.17) is 4.74 Å². The Morgan fingerprint density at radius 3 is 2.94 bits per heavy atom. The lowest BCUT2D eigenvalue weighted by Gasteiger charge is -2.12. The van der Waals surface area contributed by atoms with Crippen molar-refractivity contribution < 1.29 is 14.6 Å². The van der Waals surface area contributed by atoms with Crippen molar-refractivity contribution in [3.8, 4) is 5.75 Å². The van der Waals surface area contributed by atoms with Gasteiger partial charge in [-0.1, -0.05) is 12.1 Å². The summed E-state index contributed by atoms with van der Waals surface area (Å²) in [6.07, 6.45) is 0.266. The monoisotopic (exact) mass is 223 g/mol. The molecule has 4 nitrogen and oxygen atoms in total. The van der Waals surface area contributed by atoms with Gasteiger partial charge in [-0.25, -0.2) is 0 Å². The number of methoxy groups -OCH3 is 1. The fraction of sp³-hybridized carbons (Fsp3) is 0.417. The van der Waals surface area contributed by atoms with Gasteiger partial charge in [-0.3, -0.25) is 4.79 Å². The van der Waals surface area contributed by atoms with E-state index in [9.17, 15) is 9.90 Å². The Morgan fingerprint density at radius 2 is 2.31 bits per heavy atom. The summed E-state index contributed by atoms with van der Waals surface area (Å²) in [6, 6.07) is 6.68. The molecule has 2 N–H and O–H groups in total. The van der Waals surface area contributed by atoms with Crippen LogP contribution in [0.15, 0.2) is 24.3 Å². The van der Waals surface area contributed by atoms with E-state index < -0.39 is 0 Å². The lowest BCUT2D eigenvalue weighted by atomic mass is 10.1. The molecule has 1 aromatic rings. The number of hydrogen-bond donors (Lipinski definition) is 2. The summed E-state index contributed by atoms with van der Waals surface area (Å²) in [5, 5.41) is 12.0. The second-order valence-electron chi connectivity index (χ2n) is 3.77. The molecule has 0 saturated carbocycles. The first kappa shape index (κ1) is 12.5. The maximum Gasteiger partial charge on any atom is 0.224 e. The fourth-order valence-corrected chi connectivity index (χ4v) is 1.47. The largest absolute Gasteiger partial charge is 0.508 e. The second kappa shape index (κ2) is 6.12. The third-order valence-corrected chi connectivity index (χ3v) is 2.10. The van der Waals surface area contributed by atoms with E-state index in [0.717, 1.165) is 5.56 Å². The average Bonchev–Trinajstić information content (AvgIpc) is 2.17. The number of aromatic hydroxyl groups is 1. The number of benzene rings is 1. The van der Waals surface area contributed by atoms with Crippen LogP contribution >= 0.6 is 0 Å². The standard InChI is InChI=1S/C12H17NO3/c1-9(8-16-2)13-12(15)7-10-4-3-5-11(14)6-10/h3-6,9,14H,7-8H2,1-2H3,(H,13,15). The first-order valence-corrected chi connectivity index (χ1v) is 5.18. The van der Waals surface area contributed by atoms with Gasteiger partial charge in [-0.2, -0.15) is 0 Å². The number of amides is 1. The first-order valence-electron chi connectivity index (χ1n) is 5.18. The number of carbonyl (C=O) groups is 1. The summed E-state index contributed by atoms with van der Waals surface area (Å²) in [6.45, 7) is 2.37. The summed E-state index contributed by atoms with van der Waals surface area (Å²) in [5.74, 6) is 0.102. The highest BCUT2D eigenvalue weighted by Crippen LogP contribution is 2.11. The van der Waals surface area contributed by atoms with Crippen LogP contribution in [0.1, 0.15) is 12.5 Å². The van der Waals surface area contributed by atoms with Gasteiger partial charge in [0.05, 0.1) is 13.0 Å². The topological polar surface area (TPSA) is 58.6 Å². The highest BCUT2D eigenvalue weighted by molar-refractivity contribution is 5.78. The van der Waals surface area contributed by atoms with Crippen molar-refractivity contribution in [1.82, 2.24) is 5.32 Å². The summed E-state index contributed by atoms with van der Waals surface area (Å²) in [7, 11) is 1.60. The SMILES string of the molecule is COCC(C)NC(=O)Cc1cccc(O)c1. The Labute approximate surface area is 95.2 Å². The molecule has 1 unspecified atom stereocenters. The number of carbonyl (C=O) groups excluding carboxylic acids is 1. The molecule has 1 aromatic carbocycles. The normalized spacial score (nSPS) is 12.1. The Bertz CT molecular complexity index is 352. The Morgan fingerprint density at radius 1 is 1.56 bits per heavy atom. The molecule has 0 fully saturated rings. The van der Waals surface area contributed by atoms with E-state index in [2.05, 4.69) is 5.32 Å². The van der Waals surface area contributed by atoms with E-state index in [1.165, 1.54) is 0 Å². The van der Waals surface area contributed by atoms with Crippen LogP contribution in [0.3, 0.4) is 0 Å². The molecule has 1 amide bonds. The first-order chi connectivity index (χ1) is 7.61. The predicted octanol–water partition coefficient (Wildman–Crippen LogP) is 1.09. The molecule has 0 heterocycles. The van der Waals surface area contributed by atoms with Crippen molar-refractivity contribution >= 4 is 5.91 Å². The van der Waals surface area contributed by atoms with E-state index >= 15 is 0 Å². The van der Waals surface area contributed by atoms with Gasteiger partial charge in [0.25, 0.3) is 0 Å². The van der Waals surface area contributed by atoms with Crippen molar-refractivity contribution in [2.24, 2.45) is 0 Å². The van der Waals surface area contributed by atoms with Gasteiger partial charge in [0.1, 0.15) is 5.75 Å². The molecule has 0 aliphatic rings. The van der Waals surface area contributed by atoms with Gasteiger partial charge < -0.3 is 15.2 Å². The minimum atomic E-state index is -0.0739. The minimum absolute atomic E-state index is 0.00481. The van der Waals surface area contributed by atoms with Gasteiger partial charge in [0.15, 0.2) is 0 Å². The molecule has 0 bridgehead atoms. The smallest absolute Gasteiger partial charge is 0.224 e. The molecule has 0 spiro atoms. The molecule has 88 valence electrons. The van der Waals surface area contributed by atoms with Gasteiger partial charge in [-0.05, 0) is 24.6 Å². The van der Waals surface area contributed by atoms with Crippen molar-refractivity contribution in [3.63, 3.8) is 0 Å². The van der Waals surface area contributed by atoms with E-state index in [0.29, 0.717) is 6.61 Å². The van der Waals surface area contributed by atoms with Gasteiger partial charge in [-0.15, -0.1) is 0 Å². The lowest BCUT2D eigenvalue weighted by Crippen LogP contribution is -2.36. The van der Waals surface area contributed by atoms with Gasteiger partial charge >= 0.3 is 0 Å². The maximum absolute atomic E-state index is 11.6. The molecule has 0 aromatic heterocycles. The van der Waals surface area contributed by atoms with Crippen LogP contribution in [0.5, 0.6) is 5.75 Å². The van der Waals surface area contributed by atoms with Crippen LogP contribution in [0, 0.1) is 0 Å². The summed E-state index contributed by atoms with van der Waals surface area (Å²) in [4.78, 5) is 11.6. The van der Waals surface area contributed by atoms with Crippen LogP contribution < -0.4 is 5.32 Å². The number of hydrogen-bond acceptors (Lipinski definition) is 3. The number of phenolic OH excluding ortho intramolecular Hbond substituents is 1. The number of phenols is 1. The molecule has 0 aliphatic heterocycles. The van der Waals surface area contributed by atoms with E-state index in [-0.39, 0.29) is 24.1 Å². The highest BCUT2D eigenvalue weighted by Gasteiger charge is 2.07. The maximum atomic E-state index is 11.6. The van der Waals surface area contributed by atoms with Crippen LogP contribution in [0.25, 0.3) is 0 Å². The van der Waals surface area contributed by atoms with Crippen molar-refractivity contribution in [2.45, 2.75) is 19.4 Å². The summed E-state index contributed by atoms with van der Waals surface area (Å²) < 4.78 is 4.92. The third-order valence-electron chi connectivity index (χ3n) is 2.10. The zero-order chi connectivity index (χ0) is 12.0. The number of nitrogens with one attached hydrogen (secondary N) is 1. The Hall–Kier alpha value is -1.55. The van der Waals surface area contributed by atoms with Crippen LogP contribution in [0.4, 0.5) is 0 Å². The zero-order valence-corrected chi connectivity index (χ0v) is 9.56. The fourth-order valence-electron chi connectivity index (χ4n) is 1.47. The molecule has 0 saturated heterocycles. The Balaban J connectivity index is 2.45. The number of rotatable bonds is 5. The molecule has 0 radical (unpaired) electrons. The van der Waals surface area contributed by atoms with E-state index in [1.54, 1.807) is 31.4 Å². The quantitative estimate of drug-likeness (QED) is 0.785. The Kier molecular flexibility index (Phi) is 4.79. The zero-order valence-electron chi connectivity index (χ0n) is 9.56. The second-order valence-corrected chi connectivity index (χ2v) is 3.77. The molecule has 1 atom stereocenters. The van der Waals surface area contributed by atoms with Crippen molar-refractivity contribution in [3.05, 3.63) is 29.8 Å². The summed E-state index contributed by atoms with van der Waals surface area (Å²) >= 11 is 0. The molecular weight excluding hydrogens is 206 g/mol. The highest BCUT2D eigenvalue weighted by atomic mass is 16.5. The molecule has 0 aliphatic carbocycles. The van der Waals surface area contributed by atoms with Crippen LogP contribution in [-0.4, -0.2) is 30.8 Å². The predicted molar refractivity (Wildman–Crippen MR) is 61.3 cm³/mol.